The highest BCUT2D eigenvalue weighted by Gasteiger charge is 2.31. The summed E-state index contributed by atoms with van der Waals surface area (Å²) >= 11 is 0. The van der Waals surface area contributed by atoms with E-state index in [-0.39, 0.29) is 17.3 Å². The molecule has 2 aromatic rings. The molecule has 0 saturated carbocycles. The number of carbonyl (C=O) groups is 1. The van der Waals surface area contributed by atoms with Gasteiger partial charge in [-0.3, -0.25) is 9.78 Å². The van der Waals surface area contributed by atoms with E-state index in [9.17, 15) is 9.18 Å². The number of nitrogens with one attached hydrogen (secondary N) is 1. The number of aromatic nitrogens is 1. The van der Waals surface area contributed by atoms with E-state index in [0.29, 0.717) is 11.1 Å². The molecule has 0 radical (unpaired) electrons. The lowest BCUT2D eigenvalue weighted by Crippen LogP contribution is -2.45. The van der Waals surface area contributed by atoms with Crippen LogP contribution in [0.25, 0.3) is 5.57 Å². The molecular formula is C22H25FN4O. The molecule has 0 atom stereocenters. The van der Waals surface area contributed by atoms with Gasteiger partial charge in [-0.15, -0.1) is 0 Å². The van der Waals surface area contributed by atoms with E-state index in [1.165, 1.54) is 18.6 Å². The number of hydrogen-bond donors (Lipinski definition) is 1. The highest BCUT2D eigenvalue weighted by atomic mass is 19.1. The van der Waals surface area contributed by atoms with Crippen LogP contribution in [0.2, 0.25) is 0 Å². The van der Waals surface area contributed by atoms with E-state index in [0.717, 1.165) is 29.8 Å². The molecule has 1 N–H and O–H groups in total. The number of carbonyl (C=O) groups excluding carboxylic acids is 1. The van der Waals surface area contributed by atoms with E-state index in [2.05, 4.69) is 47.3 Å². The van der Waals surface area contributed by atoms with Gasteiger partial charge >= 0.3 is 0 Å². The molecule has 6 heteroatoms. The fourth-order valence-corrected chi connectivity index (χ4v) is 3.57. The average molecular weight is 380 g/mol. The molecule has 1 aliphatic rings. The van der Waals surface area contributed by atoms with E-state index in [4.69, 9.17) is 0 Å². The van der Waals surface area contributed by atoms with Crippen molar-refractivity contribution in [1.29, 1.82) is 0 Å². The lowest BCUT2D eigenvalue weighted by atomic mass is 9.88. The maximum Gasteiger partial charge on any atom is 0.271 e. The van der Waals surface area contributed by atoms with E-state index >= 15 is 0 Å². The number of rotatable bonds is 5. The Morgan fingerprint density at radius 3 is 2.71 bits per heavy atom. The van der Waals surface area contributed by atoms with Gasteiger partial charge in [0.1, 0.15) is 5.82 Å². The molecule has 0 bridgehead atoms. The SMILES string of the molecule is CCCN1c2cc(F)c(/C=N\NC(=O)c3ccncc3)cc2C(C)=CC1(C)C. The van der Waals surface area contributed by atoms with Crippen LogP contribution in [0.15, 0.2) is 47.8 Å². The van der Waals surface area contributed by atoms with Crippen molar-refractivity contribution >= 4 is 23.4 Å². The van der Waals surface area contributed by atoms with Gasteiger partial charge in [-0.2, -0.15) is 5.10 Å². The second-order valence-electron chi connectivity index (χ2n) is 7.46. The van der Waals surface area contributed by atoms with Crippen LogP contribution in [-0.4, -0.2) is 29.2 Å². The van der Waals surface area contributed by atoms with E-state index < -0.39 is 0 Å². The number of amides is 1. The van der Waals surface area contributed by atoms with Crippen molar-refractivity contribution in [2.45, 2.75) is 39.7 Å². The van der Waals surface area contributed by atoms with Gasteiger partial charge in [-0.25, -0.2) is 9.82 Å². The standard InChI is InChI=1S/C22H25FN4O/c1-5-10-27-20-12-19(23)17(11-18(20)15(2)13-22(27,3)4)14-25-26-21(28)16-6-8-24-9-7-16/h6-9,11-14H,5,10H2,1-4H3,(H,26,28)/b25-14-. The van der Waals surface area contributed by atoms with E-state index in [1.54, 1.807) is 24.3 Å². The molecule has 5 nitrogen and oxygen atoms in total. The number of pyridine rings is 1. The largest absolute Gasteiger partial charge is 0.362 e. The number of benzene rings is 1. The third-order valence-electron chi connectivity index (χ3n) is 4.86. The Morgan fingerprint density at radius 2 is 2.04 bits per heavy atom. The molecule has 3 rings (SSSR count). The lowest BCUT2D eigenvalue weighted by Gasteiger charge is -2.43. The molecule has 2 heterocycles. The third-order valence-corrected chi connectivity index (χ3v) is 4.86. The van der Waals surface area contributed by atoms with Crippen molar-refractivity contribution < 1.29 is 9.18 Å². The number of fused-ring (bicyclic) bond motifs is 1. The summed E-state index contributed by atoms with van der Waals surface area (Å²) in [5.74, 6) is -0.740. The summed E-state index contributed by atoms with van der Waals surface area (Å²) in [6.45, 7) is 9.27. The summed E-state index contributed by atoms with van der Waals surface area (Å²) in [5.41, 5.74) is 5.99. The first kappa shape index (κ1) is 19.7. The Morgan fingerprint density at radius 1 is 1.32 bits per heavy atom. The molecule has 0 saturated heterocycles. The fraction of sp³-hybridized carbons (Fsp3) is 0.318. The van der Waals surface area contributed by atoms with Gasteiger partial charge in [-0.05, 0) is 57.0 Å². The number of hydrogen-bond acceptors (Lipinski definition) is 4. The minimum absolute atomic E-state index is 0.173. The summed E-state index contributed by atoms with van der Waals surface area (Å²) in [6, 6.07) is 6.52. The van der Waals surface area contributed by atoms with Crippen LogP contribution >= 0.6 is 0 Å². The molecule has 1 aliphatic heterocycles. The first-order valence-corrected chi connectivity index (χ1v) is 9.38. The van der Waals surface area contributed by atoms with Crippen LogP contribution in [0.1, 0.15) is 55.6 Å². The van der Waals surface area contributed by atoms with Crippen molar-refractivity contribution in [3.63, 3.8) is 0 Å². The van der Waals surface area contributed by atoms with Crippen LogP contribution in [0.5, 0.6) is 0 Å². The normalized spacial score (nSPS) is 15.3. The first-order valence-electron chi connectivity index (χ1n) is 9.38. The fourth-order valence-electron chi connectivity index (χ4n) is 3.57. The summed E-state index contributed by atoms with van der Waals surface area (Å²) in [5, 5.41) is 3.92. The van der Waals surface area contributed by atoms with Gasteiger partial charge < -0.3 is 4.90 Å². The summed E-state index contributed by atoms with van der Waals surface area (Å²) < 4.78 is 14.8. The topological polar surface area (TPSA) is 57.6 Å². The van der Waals surface area contributed by atoms with Crippen LogP contribution in [-0.2, 0) is 0 Å². The molecule has 1 aromatic heterocycles. The van der Waals surface area contributed by atoms with Crippen LogP contribution in [0.3, 0.4) is 0 Å². The molecular weight excluding hydrogens is 355 g/mol. The monoisotopic (exact) mass is 380 g/mol. The zero-order valence-corrected chi connectivity index (χ0v) is 16.7. The van der Waals surface area contributed by atoms with Gasteiger partial charge in [0.05, 0.1) is 11.8 Å². The minimum atomic E-state index is -0.371. The number of anilines is 1. The molecule has 0 unspecified atom stereocenters. The molecule has 1 amide bonds. The Bertz CT molecular complexity index is 935. The van der Waals surface area contributed by atoms with Crippen molar-refractivity contribution in [3.05, 3.63) is 65.2 Å². The number of halogens is 1. The predicted octanol–water partition coefficient (Wildman–Crippen LogP) is 4.40. The maximum absolute atomic E-state index is 14.8. The number of hydrazone groups is 1. The number of nitrogens with zero attached hydrogens (tertiary/aromatic N) is 3. The van der Waals surface area contributed by atoms with E-state index in [1.807, 2.05) is 6.92 Å². The van der Waals surface area contributed by atoms with Crippen LogP contribution in [0, 0.1) is 5.82 Å². The van der Waals surface area contributed by atoms with Gasteiger partial charge in [-0.1, -0.05) is 13.0 Å². The van der Waals surface area contributed by atoms with Gasteiger partial charge in [0, 0.05) is 41.3 Å². The molecule has 0 fully saturated rings. The van der Waals surface area contributed by atoms with Gasteiger partial charge in [0.2, 0.25) is 0 Å². The Balaban J connectivity index is 1.87. The smallest absolute Gasteiger partial charge is 0.271 e. The number of allylic oxidation sites excluding steroid dienone is 1. The summed E-state index contributed by atoms with van der Waals surface area (Å²) in [6.07, 6.45) is 7.57. The van der Waals surface area contributed by atoms with Crippen LogP contribution in [0.4, 0.5) is 10.1 Å². The average Bonchev–Trinajstić information content (AvgIpc) is 2.66. The Kier molecular flexibility index (Phi) is 5.58. The first-order chi connectivity index (χ1) is 13.3. The van der Waals surface area contributed by atoms with Crippen LogP contribution < -0.4 is 10.3 Å². The minimum Gasteiger partial charge on any atom is -0.362 e. The van der Waals surface area contributed by atoms with Crippen molar-refractivity contribution in [2.75, 3.05) is 11.4 Å². The molecule has 146 valence electrons. The quantitative estimate of drug-likeness (QED) is 0.618. The van der Waals surface area contributed by atoms with Crippen molar-refractivity contribution in [1.82, 2.24) is 10.4 Å². The second-order valence-corrected chi connectivity index (χ2v) is 7.46. The van der Waals surface area contributed by atoms with Gasteiger partial charge in [0.15, 0.2) is 0 Å². The lowest BCUT2D eigenvalue weighted by molar-refractivity contribution is 0.0955. The summed E-state index contributed by atoms with van der Waals surface area (Å²) in [4.78, 5) is 18.1. The maximum atomic E-state index is 14.8. The zero-order valence-electron chi connectivity index (χ0n) is 16.7. The highest BCUT2D eigenvalue weighted by Crippen LogP contribution is 2.39. The zero-order chi connectivity index (χ0) is 20.3. The molecule has 1 aromatic carbocycles. The summed E-state index contributed by atoms with van der Waals surface area (Å²) in [7, 11) is 0. The predicted molar refractivity (Wildman–Crippen MR) is 111 cm³/mol. The van der Waals surface area contributed by atoms with Gasteiger partial charge in [0.25, 0.3) is 5.91 Å². The highest BCUT2D eigenvalue weighted by molar-refractivity contribution is 5.95. The van der Waals surface area contributed by atoms with Crippen molar-refractivity contribution in [2.24, 2.45) is 5.10 Å². The molecule has 28 heavy (non-hydrogen) atoms. The molecule has 0 spiro atoms. The second kappa shape index (κ2) is 7.92. The molecule has 0 aliphatic carbocycles. The van der Waals surface area contributed by atoms with Crippen molar-refractivity contribution in [3.8, 4) is 0 Å². The third kappa shape index (κ3) is 3.96. The Hall–Kier alpha value is -3.02. The Labute approximate surface area is 165 Å².